The molecular weight excluding hydrogens is 428 g/mol. The quantitative estimate of drug-likeness (QED) is 0.351. The van der Waals surface area contributed by atoms with Crippen molar-refractivity contribution in [2.45, 2.75) is 96.2 Å². The third kappa shape index (κ3) is 3.64. The number of hydrogen-bond donors (Lipinski definition) is 0. The summed E-state index contributed by atoms with van der Waals surface area (Å²) in [6, 6.07) is 0. The molecule has 0 N–H and O–H groups in total. The van der Waals surface area contributed by atoms with Gasteiger partial charge in [-0.25, -0.2) is 0 Å². The molecule has 3 nitrogen and oxygen atoms in total. The van der Waals surface area contributed by atoms with Crippen molar-refractivity contribution in [1.29, 1.82) is 0 Å². The normalized spacial score (nSPS) is 46.6. The summed E-state index contributed by atoms with van der Waals surface area (Å²) in [5.41, 5.74) is 0.797. The average Bonchev–Trinajstić information content (AvgIpc) is 3.02. The number of halogens is 1. The maximum Gasteiger partial charge on any atom is 0.305 e. The Morgan fingerprint density at radius 3 is 2.52 bits per heavy atom. The molecule has 0 aromatic carbocycles. The summed E-state index contributed by atoms with van der Waals surface area (Å²) in [4.78, 5) is 24.2. The number of esters is 1. The van der Waals surface area contributed by atoms with Gasteiger partial charge in [0, 0.05) is 12.8 Å². The topological polar surface area (TPSA) is 43.4 Å². The lowest BCUT2D eigenvalue weighted by Crippen LogP contribution is -2.56. The van der Waals surface area contributed by atoms with E-state index in [9.17, 15) is 9.59 Å². The van der Waals surface area contributed by atoms with Gasteiger partial charge in [0.1, 0.15) is 5.78 Å². The fraction of sp³-hybridized carbons (Fsp3) is 0.920. The fourth-order valence-corrected chi connectivity index (χ4v) is 9.50. The minimum atomic E-state index is -0.0293. The molecule has 4 heteroatoms. The Morgan fingerprint density at radius 2 is 1.76 bits per heavy atom. The van der Waals surface area contributed by atoms with Gasteiger partial charge < -0.3 is 4.74 Å². The van der Waals surface area contributed by atoms with Crippen LogP contribution in [0, 0.1) is 40.4 Å². The molecule has 0 aromatic rings. The lowest BCUT2D eigenvalue weighted by molar-refractivity contribution is -0.143. The van der Waals surface area contributed by atoms with Gasteiger partial charge in [-0.15, -0.1) is 0 Å². The zero-order chi connectivity index (χ0) is 20.8. The Labute approximate surface area is 185 Å². The molecule has 0 spiro atoms. The SMILES string of the molecule is CCOC(=O)CCCC1CCC2C3CCC4C(Br)C(=O)CCC4(C)C3CCC12C. The molecule has 29 heavy (non-hydrogen) atoms. The molecule has 0 saturated heterocycles. The number of Topliss-reactive ketones (excluding diaryl/α,β-unsaturated/α-hetero) is 1. The van der Waals surface area contributed by atoms with Crippen molar-refractivity contribution in [3.05, 3.63) is 0 Å². The van der Waals surface area contributed by atoms with Crippen LogP contribution in [0.3, 0.4) is 0 Å². The molecule has 4 aliphatic rings. The summed E-state index contributed by atoms with van der Waals surface area (Å²) in [6.45, 7) is 7.46. The first-order valence-corrected chi connectivity index (χ1v) is 13.0. The summed E-state index contributed by atoms with van der Waals surface area (Å²) < 4.78 is 5.12. The fourth-order valence-electron chi connectivity index (χ4n) is 8.40. The first-order chi connectivity index (χ1) is 13.8. The van der Waals surface area contributed by atoms with E-state index in [0.29, 0.717) is 35.6 Å². The summed E-state index contributed by atoms with van der Waals surface area (Å²) in [5.74, 6) is 4.20. The Kier molecular flexibility index (Phi) is 6.23. The molecule has 0 aromatic heterocycles. The number of hydrogen-bond acceptors (Lipinski definition) is 3. The van der Waals surface area contributed by atoms with Crippen LogP contribution in [-0.4, -0.2) is 23.2 Å². The number of alkyl halides is 1. The molecule has 0 heterocycles. The third-order valence-corrected chi connectivity index (χ3v) is 11.1. The van der Waals surface area contributed by atoms with Gasteiger partial charge in [0.2, 0.25) is 0 Å². The van der Waals surface area contributed by atoms with Crippen LogP contribution < -0.4 is 0 Å². The lowest BCUT2D eigenvalue weighted by Gasteiger charge is -2.61. The van der Waals surface area contributed by atoms with Gasteiger partial charge in [0.05, 0.1) is 11.4 Å². The van der Waals surface area contributed by atoms with Crippen molar-refractivity contribution in [1.82, 2.24) is 0 Å². The van der Waals surface area contributed by atoms with Gasteiger partial charge in [-0.3, -0.25) is 9.59 Å². The highest BCUT2D eigenvalue weighted by molar-refractivity contribution is 9.10. The number of fused-ring (bicyclic) bond motifs is 5. The van der Waals surface area contributed by atoms with Crippen molar-refractivity contribution in [2.24, 2.45) is 40.4 Å². The molecule has 0 radical (unpaired) electrons. The van der Waals surface area contributed by atoms with E-state index in [-0.39, 0.29) is 10.8 Å². The minimum Gasteiger partial charge on any atom is -0.466 e. The average molecular weight is 467 g/mol. The highest BCUT2D eigenvalue weighted by Gasteiger charge is 2.61. The van der Waals surface area contributed by atoms with Gasteiger partial charge in [0.25, 0.3) is 0 Å². The van der Waals surface area contributed by atoms with Crippen molar-refractivity contribution < 1.29 is 14.3 Å². The van der Waals surface area contributed by atoms with Crippen LogP contribution in [0.4, 0.5) is 0 Å². The van der Waals surface area contributed by atoms with E-state index in [1.807, 2.05) is 6.92 Å². The van der Waals surface area contributed by atoms with Crippen molar-refractivity contribution in [3.8, 4) is 0 Å². The molecular formula is C25H39BrO3. The molecule has 8 atom stereocenters. The summed E-state index contributed by atoms with van der Waals surface area (Å²) in [7, 11) is 0. The first kappa shape index (κ1) is 21.8. The summed E-state index contributed by atoms with van der Waals surface area (Å²) >= 11 is 3.79. The van der Waals surface area contributed by atoms with Crippen LogP contribution >= 0.6 is 15.9 Å². The van der Waals surface area contributed by atoms with Gasteiger partial charge in [0.15, 0.2) is 0 Å². The van der Waals surface area contributed by atoms with E-state index in [2.05, 4.69) is 29.8 Å². The van der Waals surface area contributed by atoms with E-state index in [1.165, 1.54) is 44.9 Å². The number of rotatable bonds is 5. The molecule has 0 aliphatic heterocycles. The van der Waals surface area contributed by atoms with Crippen molar-refractivity contribution >= 4 is 27.7 Å². The van der Waals surface area contributed by atoms with Gasteiger partial charge in [-0.1, -0.05) is 29.8 Å². The van der Waals surface area contributed by atoms with Crippen LogP contribution in [0.1, 0.15) is 91.4 Å². The zero-order valence-corrected chi connectivity index (χ0v) is 20.1. The predicted octanol–water partition coefficient (Wildman–Crippen LogP) is 6.32. The second-order valence-electron chi connectivity index (χ2n) is 11.0. The maximum absolute atomic E-state index is 12.3. The lowest BCUT2D eigenvalue weighted by atomic mass is 9.44. The largest absolute Gasteiger partial charge is 0.466 e. The smallest absolute Gasteiger partial charge is 0.305 e. The Morgan fingerprint density at radius 1 is 1.03 bits per heavy atom. The molecule has 164 valence electrons. The van der Waals surface area contributed by atoms with Crippen LogP contribution in [0.5, 0.6) is 0 Å². The van der Waals surface area contributed by atoms with Crippen LogP contribution in [-0.2, 0) is 14.3 Å². The van der Waals surface area contributed by atoms with Gasteiger partial charge in [-0.2, -0.15) is 0 Å². The monoisotopic (exact) mass is 466 g/mol. The van der Waals surface area contributed by atoms with Crippen molar-refractivity contribution in [2.75, 3.05) is 6.61 Å². The van der Waals surface area contributed by atoms with Crippen LogP contribution in [0.25, 0.3) is 0 Å². The van der Waals surface area contributed by atoms with Crippen LogP contribution in [0.15, 0.2) is 0 Å². The molecule has 4 rings (SSSR count). The maximum atomic E-state index is 12.3. The van der Waals surface area contributed by atoms with Gasteiger partial charge in [-0.05, 0) is 105 Å². The second-order valence-corrected chi connectivity index (χ2v) is 11.9. The zero-order valence-electron chi connectivity index (χ0n) is 18.6. The molecule has 8 unspecified atom stereocenters. The van der Waals surface area contributed by atoms with Crippen LogP contribution in [0.2, 0.25) is 0 Å². The highest BCUT2D eigenvalue weighted by atomic mass is 79.9. The number of ketones is 1. The van der Waals surface area contributed by atoms with E-state index in [1.54, 1.807) is 0 Å². The molecule has 4 aliphatic carbocycles. The van der Waals surface area contributed by atoms with E-state index in [4.69, 9.17) is 4.74 Å². The van der Waals surface area contributed by atoms with Gasteiger partial charge >= 0.3 is 5.97 Å². The number of carbonyl (C=O) groups excluding carboxylic acids is 2. The molecule has 4 fully saturated rings. The van der Waals surface area contributed by atoms with E-state index in [0.717, 1.165) is 42.9 Å². The first-order valence-electron chi connectivity index (χ1n) is 12.1. The Balaban J connectivity index is 1.44. The minimum absolute atomic E-state index is 0.0293. The Hall–Kier alpha value is -0.380. The Bertz CT molecular complexity index is 648. The molecule has 0 bridgehead atoms. The highest BCUT2D eigenvalue weighted by Crippen LogP contribution is 2.68. The summed E-state index contributed by atoms with van der Waals surface area (Å²) in [6.07, 6.45) is 12.5. The van der Waals surface area contributed by atoms with Crippen molar-refractivity contribution in [3.63, 3.8) is 0 Å². The summed E-state index contributed by atoms with van der Waals surface area (Å²) in [5, 5.41) is 0. The third-order valence-electron chi connectivity index (χ3n) is 9.95. The standard InChI is InChI=1S/C25H39BrO3/c1-4-29-22(28)7-5-6-16-8-10-18-17-9-11-20-23(26)21(27)13-15-25(20,3)19(17)12-14-24(16,18)2/h16-20,23H,4-15H2,1-3H3. The van der Waals surface area contributed by atoms with E-state index < -0.39 is 0 Å². The van der Waals surface area contributed by atoms with E-state index >= 15 is 0 Å². The molecule has 0 amide bonds. The second kappa shape index (κ2) is 8.28. The molecule has 4 saturated carbocycles. The predicted molar refractivity (Wildman–Crippen MR) is 119 cm³/mol. The number of carbonyl (C=O) groups is 2. The number of ether oxygens (including phenoxy) is 1.